The summed E-state index contributed by atoms with van der Waals surface area (Å²) in [5, 5.41) is 9.95. The highest BCUT2D eigenvalue weighted by Gasteiger charge is 2.23. The van der Waals surface area contributed by atoms with Crippen molar-refractivity contribution < 1.29 is 14.3 Å². The Kier molecular flexibility index (Phi) is 5.17. The molecule has 2 amide bonds. The molecule has 0 aliphatic carbocycles. The highest BCUT2D eigenvalue weighted by Crippen LogP contribution is 2.31. The molecule has 3 heterocycles. The number of carbonyl (C=O) groups is 2. The number of anilines is 1. The number of carbonyl (C=O) groups excluding carboxylic acids is 2. The summed E-state index contributed by atoms with van der Waals surface area (Å²) in [6.07, 6.45) is 0.910. The Morgan fingerprint density at radius 2 is 2.07 bits per heavy atom. The van der Waals surface area contributed by atoms with Crippen molar-refractivity contribution in [1.29, 1.82) is 0 Å². The summed E-state index contributed by atoms with van der Waals surface area (Å²) in [6, 6.07) is 11.3. The van der Waals surface area contributed by atoms with Gasteiger partial charge in [-0.15, -0.1) is 22.7 Å². The molecule has 4 rings (SSSR count). The fourth-order valence-electron chi connectivity index (χ4n) is 2.91. The number of nitrogens with zero attached hydrogens (tertiary/aromatic N) is 1. The third kappa shape index (κ3) is 4.17. The lowest BCUT2D eigenvalue weighted by molar-refractivity contribution is -0.121. The fourth-order valence-corrected chi connectivity index (χ4v) is 4.24. The number of aromatic nitrogens is 1. The summed E-state index contributed by atoms with van der Waals surface area (Å²) in [5.41, 5.74) is 1.64. The molecular weight excluding hydrogens is 382 g/mol. The minimum Gasteiger partial charge on any atom is -0.493 e. The molecule has 1 aromatic carbocycles. The van der Waals surface area contributed by atoms with Gasteiger partial charge in [0.25, 0.3) is 5.91 Å². The van der Waals surface area contributed by atoms with E-state index in [4.69, 9.17) is 4.74 Å². The van der Waals surface area contributed by atoms with Crippen molar-refractivity contribution in [1.82, 2.24) is 10.3 Å². The second-order valence-electron chi connectivity index (χ2n) is 6.05. The second kappa shape index (κ2) is 7.89. The highest BCUT2D eigenvalue weighted by atomic mass is 32.1. The van der Waals surface area contributed by atoms with Crippen LogP contribution in [0, 0.1) is 0 Å². The first kappa shape index (κ1) is 17.7. The monoisotopic (exact) mass is 399 g/mol. The van der Waals surface area contributed by atoms with Crippen molar-refractivity contribution in [2.75, 3.05) is 11.9 Å². The normalized spacial score (nSPS) is 15.5. The number of para-hydroxylation sites is 1. The van der Waals surface area contributed by atoms with Crippen molar-refractivity contribution in [2.45, 2.75) is 18.9 Å². The topological polar surface area (TPSA) is 80.3 Å². The van der Waals surface area contributed by atoms with E-state index in [0.717, 1.165) is 17.7 Å². The molecule has 1 unspecified atom stereocenters. The molecule has 0 saturated heterocycles. The van der Waals surface area contributed by atoms with E-state index in [1.807, 2.05) is 35.7 Å². The predicted molar refractivity (Wildman–Crippen MR) is 106 cm³/mol. The van der Waals surface area contributed by atoms with Gasteiger partial charge in [0.05, 0.1) is 29.6 Å². The number of hydrogen-bond acceptors (Lipinski definition) is 6. The Labute approximate surface area is 164 Å². The fraction of sp³-hybridized carbons (Fsp3) is 0.211. The Morgan fingerprint density at radius 3 is 2.93 bits per heavy atom. The number of hydrogen-bond donors (Lipinski definition) is 2. The number of ether oxygens (including phenoxy) is 1. The van der Waals surface area contributed by atoms with Crippen LogP contribution in [0.3, 0.4) is 0 Å². The molecule has 1 aliphatic rings. The van der Waals surface area contributed by atoms with Gasteiger partial charge in [-0.25, -0.2) is 4.98 Å². The standard InChI is InChI=1S/C19H17N3O3S2/c23-17(21-14-7-8-25-15-5-2-1-4-13(14)15)10-12-11-27-19(20-12)22-18(24)16-6-3-9-26-16/h1-6,9,11,14H,7-8,10H2,(H,21,23)(H,20,22,24). The van der Waals surface area contributed by atoms with Gasteiger partial charge in [0.15, 0.2) is 5.13 Å². The van der Waals surface area contributed by atoms with Gasteiger partial charge in [-0.3, -0.25) is 14.9 Å². The van der Waals surface area contributed by atoms with Gasteiger partial charge in [-0.1, -0.05) is 24.3 Å². The lowest BCUT2D eigenvalue weighted by Crippen LogP contribution is -2.33. The number of nitrogens with one attached hydrogen (secondary N) is 2. The molecule has 6 nitrogen and oxygen atoms in total. The van der Waals surface area contributed by atoms with Crippen molar-refractivity contribution in [2.24, 2.45) is 0 Å². The number of fused-ring (bicyclic) bond motifs is 1. The van der Waals surface area contributed by atoms with Gasteiger partial charge in [0.2, 0.25) is 5.91 Å². The third-order valence-electron chi connectivity index (χ3n) is 4.15. The van der Waals surface area contributed by atoms with Gasteiger partial charge < -0.3 is 10.1 Å². The average Bonchev–Trinajstić information content (AvgIpc) is 3.34. The van der Waals surface area contributed by atoms with E-state index in [-0.39, 0.29) is 24.3 Å². The van der Waals surface area contributed by atoms with E-state index in [1.54, 1.807) is 11.4 Å². The summed E-state index contributed by atoms with van der Waals surface area (Å²) >= 11 is 2.69. The number of amides is 2. The molecule has 2 aromatic heterocycles. The van der Waals surface area contributed by atoms with Crippen molar-refractivity contribution in [3.8, 4) is 5.75 Å². The van der Waals surface area contributed by atoms with E-state index in [2.05, 4.69) is 15.6 Å². The first-order valence-electron chi connectivity index (χ1n) is 8.49. The summed E-state index contributed by atoms with van der Waals surface area (Å²) in [7, 11) is 0. The molecule has 3 aromatic rings. The van der Waals surface area contributed by atoms with Gasteiger partial charge in [0.1, 0.15) is 5.75 Å². The summed E-state index contributed by atoms with van der Waals surface area (Å²) < 4.78 is 5.62. The number of benzene rings is 1. The molecule has 27 heavy (non-hydrogen) atoms. The molecule has 138 valence electrons. The van der Waals surface area contributed by atoms with Gasteiger partial charge in [-0.2, -0.15) is 0 Å². The van der Waals surface area contributed by atoms with Crippen LogP contribution in [0.25, 0.3) is 0 Å². The smallest absolute Gasteiger partial charge is 0.267 e. The molecule has 0 saturated carbocycles. The zero-order valence-corrected chi connectivity index (χ0v) is 15.9. The quantitative estimate of drug-likeness (QED) is 0.686. The highest BCUT2D eigenvalue weighted by molar-refractivity contribution is 7.14. The first-order valence-corrected chi connectivity index (χ1v) is 10.3. The lowest BCUT2D eigenvalue weighted by Gasteiger charge is -2.26. The van der Waals surface area contributed by atoms with E-state index in [1.165, 1.54) is 22.7 Å². The maximum absolute atomic E-state index is 12.4. The summed E-state index contributed by atoms with van der Waals surface area (Å²) in [5.74, 6) is 0.536. The molecule has 1 aliphatic heterocycles. The van der Waals surface area contributed by atoms with Crippen LogP contribution >= 0.6 is 22.7 Å². The van der Waals surface area contributed by atoms with Crippen LogP contribution < -0.4 is 15.4 Å². The molecular formula is C19H17N3O3S2. The maximum Gasteiger partial charge on any atom is 0.267 e. The van der Waals surface area contributed by atoms with E-state index in [9.17, 15) is 9.59 Å². The third-order valence-corrected chi connectivity index (χ3v) is 5.83. The lowest BCUT2D eigenvalue weighted by atomic mass is 10.0. The van der Waals surface area contributed by atoms with Crippen LogP contribution in [-0.2, 0) is 11.2 Å². The minimum absolute atomic E-state index is 0.0564. The minimum atomic E-state index is -0.186. The van der Waals surface area contributed by atoms with E-state index >= 15 is 0 Å². The first-order chi connectivity index (χ1) is 13.2. The Bertz CT molecular complexity index is 953. The van der Waals surface area contributed by atoms with Crippen LogP contribution in [0.1, 0.15) is 33.4 Å². The van der Waals surface area contributed by atoms with Gasteiger partial charge in [-0.05, 0) is 17.5 Å². The Morgan fingerprint density at radius 1 is 1.19 bits per heavy atom. The van der Waals surface area contributed by atoms with E-state index < -0.39 is 0 Å². The second-order valence-corrected chi connectivity index (χ2v) is 7.85. The molecule has 0 radical (unpaired) electrons. The van der Waals surface area contributed by atoms with Crippen molar-refractivity contribution in [3.05, 3.63) is 63.3 Å². The SMILES string of the molecule is O=C(Cc1csc(NC(=O)c2cccs2)n1)NC1CCOc2ccccc21. The molecule has 8 heteroatoms. The van der Waals surface area contributed by atoms with Crippen molar-refractivity contribution in [3.63, 3.8) is 0 Å². The molecule has 1 atom stereocenters. The Hall–Kier alpha value is -2.71. The molecule has 0 fully saturated rings. The summed E-state index contributed by atoms with van der Waals surface area (Å²) in [6.45, 7) is 0.581. The van der Waals surface area contributed by atoms with Crippen LogP contribution in [0.15, 0.2) is 47.2 Å². The largest absolute Gasteiger partial charge is 0.493 e. The van der Waals surface area contributed by atoms with Crippen LogP contribution in [0.5, 0.6) is 5.75 Å². The molecule has 0 bridgehead atoms. The predicted octanol–water partition coefficient (Wildman–Crippen LogP) is 3.64. The zero-order valence-electron chi connectivity index (χ0n) is 14.3. The average molecular weight is 399 g/mol. The maximum atomic E-state index is 12.4. The summed E-state index contributed by atoms with van der Waals surface area (Å²) in [4.78, 5) is 29.5. The molecule has 0 spiro atoms. The number of thiazole rings is 1. The zero-order chi connectivity index (χ0) is 18.6. The number of rotatable bonds is 5. The molecule has 2 N–H and O–H groups in total. The van der Waals surface area contributed by atoms with Crippen molar-refractivity contribution >= 4 is 39.6 Å². The van der Waals surface area contributed by atoms with Crippen LogP contribution in [-0.4, -0.2) is 23.4 Å². The number of thiophene rings is 1. The van der Waals surface area contributed by atoms with E-state index in [0.29, 0.717) is 22.3 Å². The van der Waals surface area contributed by atoms with Gasteiger partial charge >= 0.3 is 0 Å². The van der Waals surface area contributed by atoms with Crippen LogP contribution in [0.4, 0.5) is 5.13 Å². The van der Waals surface area contributed by atoms with Crippen LogP contribution in [0.2, 0.25) is 0 Å². The van der Waals surface area contributed by atoms with Gasteiger partial charge in [0, 0.05) is 17.4 Å². The Balaban J connectivity index is 1.35.